The number of hydrogen-bond acceptors (Lipinski definition) is 3. The number of piperidine rings is 1. The molecule has 1 aliphatic rings. The maximum absolute atomic E-state index is 12.7. The first-order valence-electron chi connectivity index (χ1n) is 7.07. The second kappa shape index (κ2) is 6.45. The number of likely N-dealkylation sites (tertiary alicyclic amines) is 1. The second-order valence-electron chi connectivity index (χ2n) is 5.66. The zero-order valence-corrected chi connectivity index (χ0v) is 13.0. The predicted octanol–water partition coefficient (Wildman–Crippen LogP) is 2.95. The van der Waals surface area contributed by atoms with E-state index in [0.29, 0.717) is 6.54 Å². The fourth-order valence-electron chi connectivity index (χ4n) is 2.39. The summed E-state index contributed by atoms with van der Waals surface area (Å²) in [7, 11) is 0. The molecule has 2 amide bonds. The number of thiophene rings is 1. The van der Waals surface area contributed by atoms with Crippen LogP contribution in [0.2, 0.25) is 0 Å². The zero-order chi connectivity index (χ0) is 16.4. The number of amides is 2. The van der Waals surface area contributed by atoms with Gasteiger partial charge >= 0.3 is 12.2 Å². The zero-order valence-electron chi connectivity index (χ0n) is 12.2. The molecule has 1 unspecified atom stereocenters. The Morgan fingerprint density at radius 2 is 2.14 bits per heavy atom. The third kappa shape index (κ3) is 3.73. The third-order valence-electron chi connectivity index (χ3n) is 4.08. The van der Waals surface area contributed by atoms with Gasteiger partial charge in [0.2, 0.25) is 0 Å². The minimum atomic E-state index is -4.65. The van der Waals surface area contributed by atoms with Gasteiger partial charge < -0.3 is 15.3 Å². The van der Waals surface area contributed by atoms with Crippen LogP contribution in [0.1, 0.15) is 31.2 Å². The minimum absolute atomic E-state index is 0.103. The number of carbonyl (C=O) groups is 1. The number of nitrogens with zero attached hydrogens (tertiary/aromatic N) is 1. The van der Waals surface area contributed by atoms with Gasteiger partial charge in [0.1, 0.15) is 0 Å². The lowest BCUT2D eigenvalue weighted by Crippen LogP contribution is -2.56. The van der Waals surface area contributed by atoms with E-state index in [1.54, 1.807) is 11.3 Å². The molecule has 0 radical (unpaired) electrons. The van der Waals surface area contributed by atoms with Crippen molar-refractivity contribution in [3.63, 3.8) is 0 Å². The van der Waals surface area contributed by atoms with Crippen LogP contribution in [0.25, 0.3) is 0 Å². The molecular formula is C14H19F3N2O2S. The Bertz CT molecular complexity index is 497. The van der Waals surface area contributed by atoms with Crippen LogP contribution < -0.4 is 5.32 Å². The largest absolute Gasteiger partial charge is 0.417 e. The molecule has 1 aromatic rings. The Kier molecular flexibility index (Phi) is 5.01. The summed E-state index contributed by atoms with van der Waals surface area (Å²) in [6.45, 7) is 2.19. The fourth-order valence-corrected chi connectivity index (χ4v) is 3.17. The lowest BCUT2D eigenvalue weighted by atomic mass is 9.91. The predicted molar refractivity (Wildman–Crippen MR) is 77.9 cm³/mol. The molecule has 1 fully saturated rings. The Morgan fingerprint density at radius 1 is 1.50 bits per heavy atom. The van der Waals surface area contributed by atoms with E-state index >= 15 is 0 Å². The fraction of sp³-hybridized carbons (Fsp3) is 0.643. The van der Waals surface area contributed by atoms with Gasteiger partial charge in [-0.25, -0.2) is 4.79 Å². The summed E-state index contributed by atoms with van der Waals surface area (Å²) in [4.78, 5) is 13.3. The van der Waals surface area contributed by atoms with Crippen molar-refractivity contribution in [2.45, 2.75) is 37.5 Å². The smallest absolute Gasteiger partial charge is 0.380 e. The van der Waals surface area contributed by atoms with Gasteiger partial charge in [-0.05, 0) is 28.3 Å². The van der Waals surface area contributed by atoms with Crippen molar-refractivity contribution in [1.82, 2.24) is 10.2 Å². The Hall–Kier alpha value is -1.28. The van der Waals surface area contributed by atoms with Gasteiger partial charge in [0.15, 0.2) is 5.60 Å². The molecule has 8 heteroatoms. The summed E-state index contributed by atoms with van der Waals surface area (Å²) in [5, 5.41) is 16.3. The average molecular weight is 336 g/mol. The number of urea groups is 1. The molecule has 2 N–H and O–H groups in total. The standard InChI is InChI=1S/C14H19F3N2O2S/c1-10(11-2-7-22-9-11)8-18-12(20)19-5-3-13(21,4-6-19)14(15,16)17/h2,7,9-10,21H,3-6,8H2,1H3,(H,18,20). The summed E-state index contributed by atoms with van der Waals surface area (Å²) in [6, 6.07) is 1.59. The molecule has 4 nitrogen and oxygen atoms in total. The van der Waals surface area contributed by atoms with Crippen LogP contribution >= 0.6 is 11.3 Å². The minimum Gasteiger partial charge on any atom is -0.380 e. The molecule has 0 saturated carbocycles. The van der Waals surface area contributed by atoms with Crippen LogP contribution in [0.3, 0.4) is 0 Å². The molecule has 0 spiro atoms. The maximum Gasteiger partial charge on any atom is 0.417 e. The lowest BCUT2D eigenvalue weighted by molar-refractivity contribution is -0.271. The summed E-state index contributed by atoms with van der Waals surface area (Å²) >= 11 is 1.57. The van der Waals surface area contributed by atoms with Gasteiger partial charge in [0, 0.05) is 32.5 Å². The van der Waals surface area contributed by atoms with Crippen LogP contribution in [-0.4, -0.2) is 47.4 Å². The molecule has 1 saturated heterocycles. The Labute approximate surface area is 130 Å². The third-order valence-corrected chi connectivity index (χ3v) is 4.78. The second-order valence-corrected chi connectivity index (χ2v) is 6.44. The molecule has 0 aromatic carbocycles. The SMILES string of the molecule is CC(CNC(=O)N1CCC(O)(C(F)(F)F)CC1)c1ccsc1. The van der Waals surface area contributed by atoms with Crippen LogP contribution in [0, 0.1) is 0 Å². The van der Waals surface area contributed by atoms with Crippen LogP contribution in [-0.2, 0) is 0 Å². The van der Waals surface area contributed by atoms with Crippen LogP contribution in [0.15, 0.2) is 16.8 Å². The number of alkyl halides is 3. The number of nitrogens with one attached hydrogen (secondary N) is 1. The number of rotatable bonds is 3. The topological polar surface area (TPSA) is 52.6 Å². The summed E-state index contributed by atoms with van der Waals surface area (Å²) in [6.07, 6.45) is -5.61. The van der Waals surface area contributed by atoms with Gasteiger partial charge in [-0.1, -0.05) is 6.92 Å². The molecule has 1 aliphatic heterocycles. The maximum atomic E-state index is 12.7. The van der Waals surface area contributed by atoms with Crippen molar-refractivity contribution in [2.24, 2.45) is 0 Å². The van der Waals surface area contributed by atoms with Crippen molar-refractivity contribution >= 4 is 17.4 Å². The van der Waals surface area contributed by atoms with E-state index in [1.165, 1.54) is 4.90 Å². The van der Waals surface area contributed by atoms with E-state index in [1.807, 2.05) is 23.8 Å². The highest BCUT2D eigenvalue weighted by molar-refractivity contribution is 7.07. The van der Waals surface area contributed by atoms with Crippen molar-refractivity contribution < 1.29 is 23.1 Å². The Morgan fingerprint density at radius 3 is 2.64 bits per heavy atom. The lowest BCUT2D eigenvalue weighted by Gasteiger charge is -2.39. The molecule has 1 atom stereocenters. The number of aliphatic hydroxyl groups is 1. The van der Waals surface area contributed by atoms with E-state index in [-0.39, 0.29) is 25.0 Å². The highest BCUT2D eigenvalue weighted by Crippen LogP contribution is 2.38. The summed E-state index contributed by atoms with van der Waals surface area (Å²) in [5.41, 5.74) is -1.55. The van der Waals surface area contributed by atoms with Crippen molar-refractivity contribution in [1.29, 1.82) is 0 Å². The number of carbonyl (C=O) groups excluding carboxylic acids is 1. The molecule has 124 valence electrons. The highest BCUT2D eigenvalue weighted by atomic mass is 32.1. The van der Waals surface area contributed by atoms with Crippen LogP contribution in [0.4, 0.5) is 18.0 Å². The first kappa shape index (κ1) is 17.1. The Balaban J connectivity index is 1.80. The molecule has 22 heavy (non-hydrogen) atoms. The average Bonchev–Trinajstić information content (AvgIpc) is 2.98. The summed E-state index contributed by atoms with van der Waals surface area (Å²) in [5.74, 6) is 0.145. The summed E-state index contributed by atoms with van der Waals surface area (Å²) < 4.78 is 38.1. The van der Waals surface area contributed by atoms with Crippen molar-refractivity contribution in [3.05, 3.63) is 22.4 Å². The number of halogens is 3. The van der Waals surface area contributed by atoms with Gasteiger partial charge in [0.25, 0.3) is 0 Å². The molecule has 2 heterocycles. The molecule has 0 aliphatic carbocycles. The normalized spacial score (nSPS) is 19.8. The van der Waals surface area contributed by atoms with Gasteiger partial charge in [-0.2, -0.15) is 24.5 Å². The van der Waals surface area contributed by atoms with E-state index in [0.717, 1.165) is 5.56 Å². The van der Waals surface area contributed by atoms with E-state index in [2.05, 4.69) is 5.32 Å². The first-order chi connectivity index (χ1) is 10.2. The highest BCUT2D eigenvalue weighted by Gasteiger charge is 2.54. The quantitative estimate of drug-likeness (QED) is 0.892. The van der Waals surface area contributed by atoms with Gasteiger partial charge in [0.05, 0.1) is 0 Å². The van der Waals surface area contributed by atoms with Crippen LogP contribution in [0.5, 0.6) is 0 Å². The van der Waals surface area contributed by atoms with Crippen molar-refractivity contribution in [2.75, 3.05) is 19.6 Å². The molecular weight excluding hydrogens is 317 g/mol. The van der Waals surface area contributed by atoms with E-state index < -0.39 is 24.6 Å². The molecule has 2 rings (SSSR count). The van der Waals surface area contributed by atoms with E-state index in [4.69, 9.17) is 0 Å². The molecule has 1 aromatic heterocycles. The van der Waals surface area contributed by atoms with E-state index in [9.17, 15) is 23.1 Å². The number of hydrogen-bond donors (Lipinski definition) is 2. The molecule has 0 bridgehead atoms. The monoisotopic (exact) mass is 336 g/mol. The van der Waals surface area contributed by atoms with Gasteiger partial charge in [-0.3, -0.25) is 0 Å². The van der Waals surface area contributed by atoms with Gasteiger partial charge in [-0.15, -0.1) is 0 Å². The first-order valence-corrected chi connectivity index (χ1v) is 8.01. The van der Waals surface area contributed by atoms with Crippen molar-refractivity contribution in [3.8, 4) is 0 Å².